The lowest BCUT2D eigenvalue weighted by molar-refractivity contribution is 0.128. The van der Waals surface area contributed by atoms with Gasteiger partial charge in [-0.3, -0.25) is 4.90 Å². The van der Waals surface area contributed by atoms with Crippen molar-refractivity contribution < 1.29 is 0 Å². The summed E-state index contributed by atoms with van der Waals surface area (Å²) in [7, 11) is 0. The molecule has 0 saturated carbocycles. The number of piperazine rings is 1. The largest absolute Gasteiger partial charge is 0.346 e. The lowest BCUT2D eigenvalue weighted by atomic mass is 10.1. The molecule has 0 atom stereocenters. The third kappa shape index (κ3) is 2.97. The minimum absolute atomic E-state index is 0.275. The van der Waals surface area contributed by atoms with Crippen LogP contribution in [0.5, 0.6) is 0 Å². The van der Waals surface area contributed by atoms with Crippen LogP contribution in [-0.4, -0.2) is 41.6 Å². The molecule has 0 amide bonds. The molecule has 0 unspecified atom stereocenters. The zero-order chi connectivity index (χ0) is 12.5. The second kappa shape index (κ2) is 4.92. The molecule has 1 saturated heterocycles. The van der Waals surface area contributed by atoms with E-state index < -0.39 is 0 Å². The molecule has 0 bridgehead atoms. The molecular formula is C12H22N4S. The van der Waals surface area contributed by atoms with Gasteiger partial charge in [-0.05, 0) is 20.8 Å². The summed E-state index contributed by atoms with van der Waals surface area (Å²) >= 11 is 1.71. The molecule has 4 nitrogen and oxygen atoms in total. The van der Waals surface area contributed by atoms with Gasteiger partial charge in [0.1, 0.15) is 0 Å². The number of thiazole rings is 1. The summed E-state index contributed by atoms with van der Waals surface area (Å²) in [4.78, 5) is 9.44. The molecule has 1 fully saturated rings. The van der Waals surface area contributed by atoms with Crippen LogP contribution in [0.2, 0.25) is 0 Å². The Bertz CT molecular complexity index is 361. The molecule has 0 spiro atoms. The van der Waals surface area contributed by atoms with E-state index in [-0.39, 0.29) is 5.54 Å². The van der Waals surface area contributed by atoms with E-state index in [4.69, 9.17) is 5.73 Å². The molecule has 1 aliphatic rings. The van der Waals surface area contributed by atoms with E-state index in [1.807, 2.05) is 0 Å². The van der Waals surface area contributed by atoms with Gasteiger partial charge in [0, 0.05) is 43.6 Å². The van der Waals surface area contributed by atoms with Crippen LogP contribution in [0.15, 0.2) is 5.38 Å². The second-order valence-electron chi connectivity index (χ2n) is 5.47. The summed E-state index contributed by atoms with van der Waals surface area (Å²) in [6.07, 6.45) is 0. The van der Waals surface area contributed by atoms with E-state index in [0.717, 1.165) is 37.0 Å². The Morgan fingerprint density at radius 1 is 1.29 bits per heavy atom. The summed E-state index contributed by atoms with van der Waals surface area (Å²) < 4.78 is 0. The number of hydrogen-bond acceptors (Lipinski definition) is 5. The van der Waals surface area contributed by atoms with Crippen molar-refractivity contribution in [3.05, 3.63) is 11.1 Å². The van der Waals surface area contributed by atoms with E-state index in [1.54, 1.807) is 11.3 Å². The van der Waals surface area contributed by atoms with E-state index in [0.29, 0.717) is 6.54 Å². The van der Waals surface area contributed by atoms with Gasteiger partial charge in [-0.25, -0.2) is 4.98 Å². The van der Waals surface area contributed by atoms with Crippen molar-refractivity contribution in [2.75, 3.05) is 31.1 Å². The van der Waals surface area contributed by atoms with Gasteiger partial charge in [0.05, 0.1) is 5.69 Å². The average Bonchev–Trinajstić information content (AvgIpc) is 2.76. The highest BCUT2D eigenvalue weighted by molar-refractivity contribution is 7.13. The SMILES string of the molecule is CC(C)(C)N1CCN(c2nc(CN)cs2)CC1. The number of nitrogens with two attached hydrogens (primary N) is 1. The third-order valence-corrected chi connectivity index (χ3v) is 4.20. The highest BCUT2D eigenvalue weighted by atomic mass is 32.1. The minimum Gasteiger partial charge on any atom is -0.346 e. The van der Waals surface area contributed by atoms with Crippen LogP contribution in [0.3, 0.4) is 0 Å². The first-order valence-electron chi connectivity index (χ1n) is 6.15. The van der Waals surface area contributed by atoms with Crippen molar-refractivity contribution in [2.24, 2.45) is 5.73 Å². The number of anilines is 1. The zero-order valence-corrected chi connectivity index (χ0v) is 11.8. The maximum absolute atomic E-state index is 5.59. The Morgan fingerprint density at radius 3 is 2.41 bits per heavy atom. The van der Waals surface area contributed by atoms with E-state index >= 15 is 0 Å². The van der Waals surface area contributed by atoms with Crippen LogP contribution in [-0.2, 0) is 6.54 Å². The standard InChI is InChI=1S/C12H22N4S/c1-12(2,3)16-6-4-15(5-7-16)11-14-10(8-13)9-17-11/h9H,4-8,13H2,1-3H3. The lowest BCUT2D eigenvalue weighted by Crippen LogP contribution is -2.53. The van der Waals surface area contributed by atoms with Crippen LogP contribution in [0, 0.1) is 0 Å². The fraction of sp³-hybridized carbons (Fsp3) is 0.750. The molecule has 2 rings (SSSR count). The Labute approximate surface area is 107 Å². The highest BCUT2D eigenvalue weighted by Gasteiger charge is 2.26. The third-order valence-electron chi connectivity index (χ3n) is 3.25. The first-order chi connectivity index (χ1) is 8.00. The molecule has 2 heterocycles. The fourth-order valence-corrected chi connectivity index (χ4v) is 3.00. The molecule has 0 aromatic carbocycles. The molecule has 1 aromatic rings. The molecule has 0 radical (unpaired) electrons. The van der Waals surface area contributed by atoms with Crippen molar-refractivity contribution in [3.63, 3.8) is 0 Å². The van der Waals surface area contributed by atoms with E-state index in [1.165, 1.54) is 0 Å². The summed E-state index contributed by atoms with van der Waals surface area (Å²) in [6, 6.07) is 0. The normalized spacial score (nSPS) is 18.7. The van der Waals surface area contributed by atoms with Crippen LogP contribution < -0.4 is 10.6 Å². The molecule has 17 heavy (non-hydrogen) atoms. The molecule has 0 aliphatic carbocycles. The first-order valence-corrected chi connectivity index (χ1v) is 7.03. The quantitative estimate of drug-likeness (QED) is 0.869. The lowest BCUT2D eigenvalue weighted by Gasteiger charge is -2.42. The van der Waals surface area contributed by atoms with Crippen molar-refractivity contribution in [1.29, 1.82) is 0 Å². The monoisotopic (exact) mass is 254 g/mol. The van der Waals surface area contributed by atoms with Gasteiger partial charge in [0.15, 0.2) is 5.13 Å². The Morgan fingerprint density at radius 2 is 1.94 bits per heavy atom. The number of nitrogens with zero attached hydrogens (tertiary/aromatic N) is 3. The minimum atomic E-state index is 0.275. The molecular weight excluding hydrogens is 232 g/mol. The molecule has 2 N–H and O–H groups in total. The Kier molecular flexibility index (Phi) is 3.70. The van der Waals surface area contributed by atoms with Crippen molar-refractivity contribution in [1.82, 2.24) is 9.88 Å². The smallest absolute Gasteiger partial charge is 0.185 e. The Balaban J connectivity index is 1.95. The van der Waals surface area contributed by atoms with Crippen molar-refractivity contribution in [2.45, 2.75) is 32.9 Å². The van der Waals surface area contributed by atoms with E-state index in [2.05, 4.69) is 40.9 Å². The van der Waals surface area contributed by atoms with Gasteiger partial charge in [-0.15, -0.1) is 11.3 Å². The van der Waals surface area contributed by atoms with Gasteiger partial charge in [0.25, 0.3) is 0 Å². The topological polar surface area (TPSA) is 45.4 Å². The summed E-state index contributed by atoms with van der Waals surface area (Å²) in [5.74, 6) is 0. The second-order valence-corrected chi connectivity index (χ2v) is 6.31. The van der Waals surface area contributed by atoms with Crippen LogP contribution in [0.1, 0.15) is 26.5 Å². The molecule has 1 aliphatic heterocycles. The van der Waals surface area contributed by atoms with Gasteiger partial charge in [0.2, 0.25) is 0 Å². The molecule has 1 aromatic heterocycles. The number of hydrogen-bond donors (Lipinski definition) is 1. The van der Waals surface area contributed by atoms with Crippen molar-refractivity contribution in [3.8, 4) is 0 Å². The van der Waals surface area contributed by atoms with Gasteiger partial charge in [-0.1, -0.05) is 0 Å². The van der Waals surface area contributed by atoms with E-state index in [9.17, 15) is 0 Å². The number of rotatable bonds is 2. The van der Waals surface area contributed by atoms with Crippen LogP contribution in [0.4, 0.5) is 5.13 Å². The van der Waals surface area contributed by atoms with Gasteiger partial charge < -0.3 is 10.6 Å². The van der Waals surface area contributed by atoms with Crippen molar-refractivity contribution >= 4 is 16.5 Å². The van der Waals surface area contributed by atoms with Crippen LogP contribution >= 0.6 is 11.3 Å². The maximum atomic E-state index is 5.59. The summed E-state index contributed by atoms with van der Waals surface area (Å²) in [5.41, 5.74) is 6.87. The first kappa shape index (κ1) is 12.8. The fourth-order valence-electron chi connectivity index (χ4n) is 2.10. The molecule has 5 heteroatoms. The van der Waals surface area contributed by atoms with Gasteiger partial charge in [-0.2, -0.15) is 0 Å². The Hall–Kier alpha value is -0.650. The molecule has 96 valence electrons. The summed E-state index contributed by atoms with van der Waals surface area (Å²) in [6.45, 7) is 11.7. The predicted molar refractivity (Wildman–Crippen MR) is 73.5 cm³/mol. The zero-order valence-electron chi connectivity index (χ0n) is 10.9. The number of aromatic nitrogens is 1. The van der Waals surface area contributed by atoms with Crippen LogP contribution in [0.25, 0.3) is 0 Å². The maximum Gasteiger partial charge on any atom is 0.185 e. The summed E-state index contributed by atoms with van der Waals surface area (Å²) in [5, 5.41) is 3.19. The highest BCUT2D eigenvalue weighted by Crippen LogP contribution is 2.23. The predicted octanol–water partition coefficient (Wildman–Crippen LogP) is 1.52. The average molecular weight is 254 g/mol. The van der Waals surface area contributed by atoms with Gasteiger partial charge >= 0.3 is 0 Å².